The molecule has 2 rings (SSSR count). The fourth-order valence-corrected chi connectivity index (χ4v) is 2.56. The summed E-state index contributed by atoms with van der Waals surface area (Å²) < 4.78 is 15.7. The zero-order valence-corrected chi connectivity index (χ0v) is 11.1. The van der Waals surface area contributed by atoms with Crippen LogP contribution < -0.4 is 5.32 Å². The van der Waals surface area contributed by atoms with Crippen molar-refractivity contribution in [3.8, 4) is 0 Å². The van der Waals surface area contributed by atoms with Crippen molar-refractivity contribution in [1.82, 2.24) is 10.3 Å². The fraction of sp³-hybridized carbons (Fsp3) is 0.400. The van der Waals surface area contributed by atoms with Gasteiger partial charge >= 0.3 is 5.69 Å². The lowest BCUT2D eigenvalue weighted by atomic mass is 10.2. The summed E-state index contributed by atoms with van der Waals surface area (Å²) in [5.41, 5.74) is 0.802. The van der Waals surface area contributed by atoms with Crippen LogP contribution in [0.3, 0.4) is 0 Å². The average molecular weight is 284 g/mol. The Morgan fingerprint density at radius 3 is 2.79 bits per heavy atom. The van der Waals surface area contributed by atoms with E-state index < -0.39 is 15.7 Å². The maximum atomic E-state index is 11.1. The lowest BCUT2D eigenvalue weighted by Crippen LogP contribution is -2.22. The molecule has 102 valence electrons. The van der Waals surface area contributed by atoms with E-state index in [1.165, 1.54) is 6.07 Å². The van der Waals surface area contributed by atoms with E-state index in [1.54, 1.807) is 12.3 Å². The number of nitro groups is 1. The molecule has 0 radical (unpaired) electrons. The number of benzene rings is 1. The second-order valence-corrected chi connectivity index (χ2v) is 5.62. The van der Waals surface area contributed by atoms with Crippen LogP contribution in [0, 0.1) is 10.1 Å². The topological polar surface area (TPSA) is 111 Å². The van der Waals surface area contributed by atoms with E-state index in [-0.39, 0.29) is 17.2 Å². The number of non-ortho nitro benzene ring substituents is 1. The Hall–Kier alpha value is -2.03. The first kappa shape index (κ1) is 13.4. The molecule has 0 spiro atoms. The number of nitrogens with one attached hydrogen (secondary N) is 1. The molecule has 0 aliphatic carbocycles. The number of hydrogen-bond donors (Lipinski definition) is 1. The second kappa shape index (κ2) is 5.31. The number of nitro benzene ring substituents is 1. The normalized spacial score (nSPS) is 14.2. The smallest absolute Gasteiger partial charge is 0.300 e. The van der Waals surface area contributed by atoms with Gasteiger partial charge in [-0.15, -0.1) is 0 Å². The Bertz CT molecular complexity index is 641. The lowest BCUT2D eigenvalue weighted by Gasteiger charge is -2.13. The van der Waals surface area contributed by atoms with Gasteiger partial charge < -0.3 is 5.32 Å². The molecule has 0 amide bonds. The first-order valence-corrected chi connectivity index (χ1v) is 7.18. The summed E-state index contributed by atoms with van der Waals surface area (Å²) in [6.45, 7) is 1.86. The predicted molar refractivity (Wildman–Crippen MR) is 70.5 cm³/mol. The van der Waals surface area contributed by atoms with Gasteiger partial charge in [0.25, 0.3) is 0 Å². The molecule has 0 bridgehead atoms. The van der Waals surface area contributed by atoms with Gasteiger partial charge in [-0.25, -0.2) is 4.63 Å². The molecule has 2 aromatic rings. The van der Waals surface area contributed by atoms with Gasteiger partial charge in [-0.1, -0.05) is 0 Å². The Kier molecular flexibility index (Phi) is 3.74. The molecule has 1 aromatic heterocycles. The van der Waals surface area contributed by atoms with Gasteiger partial charge in [0.2, 0.25) is 5.52 Å². The third-order valence-electron chi connectivity index (χ3n) is 2.48. The highest BCUT2D eigenvalue weighted by Crippen LogP contribution is 2.28. The largest absolute Gasteiger partial charge is 0.380 e. The highest BCUT2D eigenvalue weighted by atomic mass is 32.2. The molecule has 0 aliphatic heterocycles. The van der Waals surface area contributed by atoms with Crippen molar-refractivity contribution in [2.24, 2.45) is 0 Å². The quantitative estimate of drug-likeness (QED) is 0.650. The summed E-state index contributed by atoms with van der Waals surface area (Å²) in [6.07, 6.45) is 1.61. The highest BCUT2D eigenvalue weighted by molar-refractivity contribution is 7.84. The molecular weight excluding hydrogens is 272 g/mol. The van der Waals surface area contributed by atoms with Gasteiger partial charge in [-0.05, 0) is 23.3 Å². The van der Waals surface area contributed by atoms with Gasteiger partial charge in [-0.3, -0.25) is 14.3 Å². The van der Waals surface area contributed by atoms with Crippen LogP contribution in [-0.2, 0) is 10.8 Å². The van der Waals surface area contributed by atoms with Crippen LogP contribution in [0.25, 0.3) is 11.0 Å². The lowest BCUT2D eigenvalue weighted by molar-refractivity contribution is -0.383. The van der Waals surface area contributed by atoms with E-state index in [2.05, 4.69) is 20.3 Å². The Morgan fingerprint density at radius 2 is 2.16 bits per heavy atom. The van der Waals surface area contributed by atoms with Crippen LogP contribution in [0.2, 0.25) is 0 Å². The van der Waals surface area contributed by atoms with Gasteiger partial charge in [0.1, 0.15) is 0 Å². The van der Waals surface area contributed by atoms with Crippen LogP contribution >= 0.6 is 0 Å². The summed E-state index contributed by atoms with van der Waals surface area (Å²) in [6, 6.07) is 2.82. The van der Waals surface area contributed by atoms with Crippen molar-refractivity contribution in [1.29, 1.82) is 0 Å². The number of hydrogen-bond acceptors (Lipinski definition) is 7. The molecular formula is C10H12N4O4S. The molecule has 1 N–H and O–H groups in total. The molecule has 0 aliphatic rings. The van der Waals surface area contributed by atoms with Gasteiger partial charge in [0.15, 0.2) is 5.52 Å². The predicted octanol–water partition coefficient (Wildman–Crippen LogP) is 1.31. The molecule has 1 heterocycles. The monoisotopic (exact) mass is 284 g/mol. The summed E-state index contributed by atoms with van der Waals surface area (Å²) in [4.78, 5) is 10.3. The number of anilines is 1. The zero-order valence-electron chi connectivity index (χ0n) is 10.3. The standard InChI is InChI=1S/C10H12N4O4S/c1-6(5-19(2)17)11-7-3-4-8(14(15)16)10-9(7)12-18-13-10/h3-4,6,11H,5H2,1-2H3. The van der Waals surface area contributed by atoms with Crippen molar-refractivity contribution in [2.75, 3.05) is 17.3 Å². The molecule has 2 unspecified atom stereocenters. The zero-order chi connectivity index (χ0) is 14.0. The third kappa shape index (κ3) is 2.87. The Morgan fingerprint density at radius 1 is 1.47 bits per heavy atom. The van der Waals surface area contributed by atoms with Crippen LogP contribution in [0.5, 0.6) is 0 Å². The van der Waals surface area contributed by atoms with Crippen LogP contribution in [0.1, 0.15) is 6.92 Å². The van der Waals surface area contributed by atoms with E-state index in [9.17, 15) is 14.3 Å². The minimum Gasteiger partial charge on any atom is -0.380 e. The van der Waals surface area contributed by atoms with E-state index in [4.69, 9.17) is 0 Å². The molecule has 2 atom stereocenters. The SMILES string of the molecule is CC(CS(C)=O)Nc1ccc([N+](=O)[O-])c2nonc12. The first-order valence-electron chi connectivity index (χ1n) is 5.45. The van der Waals surface area contributed by atoms with E-state index in [0.717, 1.165) is 0 Å². The van der Waals surface area contributed by atoms with Crippen LogP contribution in [-0.4, -0.2) is 37.5 Å². The third-order valence-corrected chi connectivity index (χ3v) is 3.45. The van der Waals surface area contributed by atoms with Crippen molar-refractivity contribution in [2.45, 2.75) is 13.0 Å². The Balaban J connectivity index is 2.35. The molecule has 0 saturated carbocycles. The summed E-state index contributed by atoms with van der Waals surface area (Å²) >= 11 is 0. The van der Waals surface area contributed by atoms with Gasteiger partial charge in [0, 0.05) is 34.9 Å². The van der Waals surface area contributed by atoms with Crippen molar-refractivity contribution in [3.63, 3.8) is 0 Å². The minimum atomic E-state index is -0.935. The summed E-state index contributed by atoms with van der Waals surface area (Å²) in [5.74, 6) is 0.462. The van der Waals surface area contributed by atoms with Crippen molar-refractivity contribution >= 4 is 33.2 Å². The van der Waals surface area contributed by atoms with E-state index in [0.29, 0.717) is 17.0 Å². The van der Waals surface area contributed by atoms with E-state index >= 15 is 0 Å². The van der Waals surface area contributed by atoms with Crippen LogP contribution in [0.15, 0.2) is 16.8 Å². The Labute approximate surface area is 110 Å². The second-order valence-electron chi connectivity index (χ2n) is 4.14. The minimum absolute atomic E-state index is 0.0628. The summed E-state index contributed by atoms with van der Waals surface area (Å²) in [5, 5.41) is 21.1. The number of aromatic nitrogens is 2. The average Bonchev–Trinajstić information content (AvgIpc) is 2.76. The van der Waals surface area contributed by atoms with E-state index in [1.807, 2.05) is 6.92 Å². The molecule has 19 heavy (non-hydrogen) atoms. The molecule has 0 saturated heterocycles. The van der Waals surface area contributed by atoms with Gasteiger partial charge in [-0.2, -0.15) is 0 Å². The number of nitrogens with zero attached hydrogens (tertiary/aromatic N) is 3. The fourth-order valence-electron chi connectivity index (χ4n) is 1.78. The van der Waals surface area contributed by atoms with Crippen LogP contribution in [0.4, 0.5) is 11.4 Å². The van der Waals surface area contributed by atoms with Crippen molar-refractivity contribution in [3.05, 3.63) is 22.2 Å². The molecule has 1 aromatic carbocycles. The summed E-state index contributed by atoms with van der Waals surface area (Å²) in [7, 11) is -0.935. The molecule has 9 heteroatoms. The molecule has 8 nitrogen and oxygen atoms in total. The highest BCUT2D eigenvalue weighted by Gasteiger charge is 2.20. The first-order chi connectivity index (χ1) is 8.99. The maximum Gasteiger partial charge on any atom is 0.300 e. The number of rotatable bonds is 5. The maximum absolute atomic E-state index is 11.1. The van der Waals surface area contributed by atoms with Gasteiger partial charge in [0.05, 0.1) is 10.6 Å². The number of fused-ring (bicyclic) bond motifs is 1. The molecule has 0 fully saturated rings. The van der Waals surface area contributed by atoms with Crippen molar-refractivity contribution < 1.29 is 13.8 Å².